The van der Waals surface area contributed by atoms with E-state index in [1.807, 2.05) is 0 Å². The lowest BCUT2D eigenvalue weighted by Crippen LogP contribution is -2.47. The Balaban J connectivity index is 1.69. The normalized spacial score (nSPS) is 20.9. The van der Waals surface area contributed by atoms with E-state index in [1.165, 1.54) is 11.1 Å². The number of morpholine rings is 1. The van der Waals surface area contributed by atoms with Gasteiger partial charge in [-0.15, -0.1) is 0 Å². The van der Waals surface area contributed by atoms with Crippen LogP contribution in [0.15, 0.2) is 24.3 Å². The molecule has 2 N–H and O–H groups in total. The number of rotatable bonds is 4. The third-order valence-corrected chi connectivity index (χ3v) is 2.84. The van der Waals surface area contributed by atoms with Crippen LogP contribution in [0.4, 0.5) is 0 Å². The molecule has 1 atom stereocenters. The molecule has 2 rings (SSSR count). The Labute approximate surface area is 97.2 Å². The van der Waals surface area contributed by atoms with Gasteiger partial charge in [-0.05, 0) is 12.5 Å². The van der Waals surface area contributed by atoms with Crippen molar-refractivity contribution in [3.05, 3.63) is 35.4 Å². The van der Waals surface area contributed by atoms with Crippen molar-refractivity contribution < 1.29 is 4.74 Å². The molecule has 1 saturated heterocycles. The highest BCUT2D eigenvalue weighted by molar-refractivity contribution is 5.21. The summed E-state index contributed by atoms with van der Waals surface area (Å²) in [6.07, 6.45) is 0. The first-order chi connectivity index (χ1) is 7.84. The fourth-order valence-electron chi connectivity index (χ4n) is 1.85. The molecule has 0 radical (unpaired) electrons. The van der Waals surface area contributed by atoms with Crippen molar-refractivity contribution in [2.45, 2.75) is 19.5 Å². The van der Waals surface area contributed by atoms with Gasteiger partial charge in [0, 0.05) is 25.7 Å². The van der Waals surface area contributed by atoms with Gasteiger partial charge in [0.2, 0.25) is 0 Å². The summed E-state index contributed by atoms with van der Waals surface area (Å²) >= 11 is 0. The van der Waals surface area contributed by atoms with E-state index in [9.17, 15) is 0 Å². The van der Waals surface area contributed by atoms with Crippen LogP contribution in [0.1, 0.15) is 11.1 Å². The minimum atomic E-state index is 0.458. The molecule has 0 aromatic heterocycles. The molecule has 0 saturated carbocycles. The number of hydrogen-bond donors (Lipinski definition) is 2. The monoisotopic (exact) mass is 220 g/mol. The summed E-state index contributed by atoms with van der Waals surface area (Å²) in [5.74, 6) is 0. The molecule has 1 heterocycles. The van der Waals surface area contributed by atoms with Crippen LogP contribution >= 0.6 is 0 Å². The van der Waals surface area contributed by atoms with Crippen molar-refractivity contribution in [3.63, 3.8) is 0 Å². The molecule has 1 unspecified atom stereocenters. The lowest BCUT2D eigenvalue weighted by Gasteiger charge is -2.24. The molecule has 0 amide bonds. The predicted octanol–water partition coefficient (Wildman–Crippen LogP) is 1.07. The minimum absolute atomic E-state index is 0.458. The second-order valence-corrected chi connectivity index (χ2v) is 4.34. The lowest BCUT2D eigenvalue weighted by molar-refractivity contribution is 0.0766. The molecule has 16 heavy (non-hydrogen) atoms. The van der Waals surface area contributed by atoms with Crippen LogP contribution in [0, 0.1) is 6.92 Å². The molecule has 88 valence electrons. The van der Waals surface area contributed by atoms with E-state index in [0.717, 1.165) is 32.8 Å². The number of benzene rings is 1. The molecule has 1 aliphatic rings. The summed E-state index contributed by atoms with van der Waals surface area (Å²) in [6, 6.07) is 9.11. The third-order valence-electron chi connectivity index (χ3n) is 2.84. The second-order valence-electron chi connectivity index (χ2n) is 4.34. The smallest absolute Gasteiger partial charge is 0.0632 e. The van der Waals surface area contributed by atoms with E-state index in [0.29, 0.717) is 6.04 Å². The minimum Gasteiger partial charge on any atom is -0.378 e. The van der Waals surface area contributed by atoms with Crippen LogP contribution in [0.5, 0.6) is 0 Å². The molecule has 1 aromatic carbocycles. The molecule has 3 heteroatoms. The molecule has 0 bridgehead atoms. The van der Waals surface area contributed by atoms with Crippen molar-refractivity contribution >= 4 is 0 Å². The first kappa shape index (κ1) is 11.6. The summed E-state index contributed by atoms with van der Waals surface area (Å²) in [4.78, 5) is 0. The van der Waals surface area contributed by atoms with Gasteiger partial charge in [-0.2, -0.15) is 0 Å². The van der Waals surface area contributed by atoms with Gasteiger partial charge in [-0.3, -0.25) is 0 Å². The van der Waals surface area contributed by atoms with Crippen molar-refractivity contribution in [1.29, 1.82) is 0 Å². The summed E-state index contributed by atoms with van der Waals surface area (Å²) in [5, 5.41) is 6.88. The van der Waals surface area contributed by atoms with Crippen molar-refractivity contribution in [3.8, 4) is 0 Å². The van der Waals surface area contributed by atoms with Crippen molar-refractivity contribution in [1.82, 2.24) is 10.6 Å². The quantitative estimate of drug-likeness (QED) is 0.796. The lowest BCUT2D eigenvalue weighted by atomic mass is 10.1. The summed E-state index contributed by atoms with van der Waals surface area (Å²) < 4.78 is 5.40. The van der Waals surface area contributed by atoms with E-state index in [-0.39, 0.29) is 0 Å². The Morgan fingerprint density at radius 1 is 1.38 bits per heavy atom. The number of hydrogen-bond acceptors (Lipinski definition) is 3. The maximum atomic E-state index is 5.40. The van der Waals surface area contributed by atoms with Gasteiger partial charge in [0.05, 0.1) is 13.2 Å². The highest BCUT2D eigenvalue weighted by Crippen LogP contribution is 2.02. The predicted molar refractivity (Wildman–Crippen MR) is 65.5 cm³/mol. The first-order valence-electron chi connectivity index (χ1n) is 5.92. The standard InChI is InChI=1S/C13H20N2O/c1-11-2-4-12(5-3-11)8-14-9-13-10-16-7-6-15-13/h2-5,13-15H,6-10H2,1H3. The Morgan fingerprint density at radius 2 is 2.19 bits per heavy atom. The van der Waals surface area contributed by atoms with Gasteiger partial charge in [0.25, 0.3) is 0 Å². The first-order valence-corrected chi connectivity index (χ1v) is 5.92. The molecule has 1 aromatic rings. The highest BCUT2D eigenvalue weighted by Gasteiger charge is 2.11. The van der Waals surface area contributed by atoms with Gasteiger partial charge in [-0.25, -0.2) is 0 Å². The van der Waals surface area contributed by atoms with Crippen LogP contribution in [0.25, 0.3) is 0 Å². The van der Waals surface area contributed by atoms with E-state index in [4.69, 9.17) is 4.74 Å². The second kappa shape index (κ2) is 5.99. The molecular formula is C13H20N2O. The van der Waals surface area contributed by atoms with E-state index >= 15 is 0 Å². The third kappa shape index (κ3) is 3.59. The number of nitrogens with one attached hydrogen (secondary N) is 2. The highest BCUT2D eigenvalue weighted by atomic mass is 16.5. The molecule has 1 aliphatic heterocycles. The van der Waals surface area contributed by atoms with Gasteiger partial charge >= 0.3 is 0 Å². The van der Waals surface area contributed by atoms with Crippen molar-refractivity contribution in [2.24, 2.45) is 0 Å². The molecular weight excluding hydrogens is 200 g/mol. The van der Waals surface area contributed by atoms with Crippen LogP contribution in [0.3, 0.4) is 0 Å². The van der Waals surface area contributed by atoms with E-state index in [2.05, 4.69) is 41.8 Å². The van der Waals surface area contributed by atoms with Crippen LogP contribution in [0.2, 0.25) is 0 Å². The van der Waals surface area contributed by atoms with Gasteiger partial charge in [-0.1, -0.05) is 29.8 Å². The SMILES string of the molecule is Cc1ccc(CNCC2COCCN2)cc1. The van der Waals surface area contributed by atoms with E-state index < -0.39 is 0 Å². The topological polar surface area (TPSA) is 33.3 Å². The maximum absolute atomic E-state index is 5.40. The zero-order valence-electron chi connectivity index (χ0n) is 9.83. The zero-order valence-corrected chi connectivity index (χ0v) is 9.83. The van der Waals surface area contributed by atoms with Crippen molar-refractivity contribution in [2.75, 3.05) is 26.3 Å². The van der Waals surface area contributed by atoms with E-state index in [1.54, 1.807) is 0 Å². The number of aryl methyl sites for hydroxylation is 1. The van der Waals surface area contributed by atoms with Crippen LogP contribution in [-0.4, -0.2) is 32.3 Å². The maximum Gasteiger partial charge on any atom is 0.0632 e. The molecule has 1 fully saturated rings. The Hall–Kier alpha value is -0.900. The fraction of sp³-hybridized carbons (Fsp3) is 0.538. The zero-order chi connectivity index (χ0) is 11.2. The Bertz CT molecular complexity index is 304. The van der Waals surface area contributed by atoms with Crippen LogP contribution < -0.4 is 10.6 Å². The van der Waals surface area contributed by atoms with Crippen LogP contribution in [-0.2, 0) is 11.3 Å². The largest absolute Gasteiger partial charge is 0.378 e. The molecule has 3 nitrogen and oxygen atoms in total. The summed E-state index contributed by atoms with van der Waals surface area (Å²) in [7, 11) is 0. The van der Waals surface area contributed by atoms with Gasteiger partial charge < -0.3 is 15.4 Å². The number of ether oxygens (including phenoxy) is 1. The fourth-order valence-corrected chi connectivity index (χ4v) is 1.85. The van der Waals surface area contributed by atoms with Gasteiger partial charge in [0.1, 0.15) is 0 Å². The Kier molecular flexibility index (Phi) is 4.34. The Morgan fingerprint density at radius 3 is 2.88 bits per heavy atom. The summed E-state index contributed by atoms with van der Waals surface area (Å²) in [5.41, 5.74) is 2.65. The average molecular weight is 220 g/mol. The summed E-state index contributed by atoms with van der Waals surface area (Å²) in [6.45, 7) is 6.64. The average Bonchev–Trinajstić information content (AvgIpc) is 2.33. The molecule has 0 spiro atoms. The van der Waals surface area contributed by atoms with Gasteiger partial charge in [0.15, 0.2) is 0 Å². The molecule has 0 aliphatic carbocycles.